The van der Waals surface area contributed by atoms with E-state index in [0.717, 1.165) is 5.75 Å². The van der Waals surface area contributed by atoms with Gasteiger partial charge in [0.1, 0.15) is 5.75 Å². The van der Waals surface area contributed by atoms with Crippen molar-refractivity contribution in [2.75, 3.05) is 13.7 Å². The molecule has 0 amide bonds. The number of hydrogen-bond donors (Lipinski definition) is 0. The van der Waals surface area contributed by atoms with Gasteiger partial charge < -0.3 is 4.74 Å². The van der Waals surface area contributed by atoms with Crippen molar-refractivity contribution in [1.82, 2.24) is 0 Å². The average molecular weight is 200 g/mol. The molecule has 0 aliphatic heterocycles. The molecule has 1 aromatic carbocycles. The van der Waals surface area contributed by atoms with Crippen LogP contribution in [0, 0.1) is 0 Å². The van der Waals surface area contributed by atoms with E-state index in [0.29, 0.717) is 11.5 Å². The van der Waals surface area contributed by atoms with Crippen LogP contribution in [0.5, 0.6) is 5.75 Å². The summed E-state index contributed by atoms with van der Waals surface area (Å²) in [6.07, 6.45) is 0. The standard InChI is InChI=1S/C9H12O3S/c1-3-12-13(10)9-6-4-8(11-2)5-7-9/h4-7H,3H2,1-2H3. The maximum atomic E-state index is 11.3. The molecule has 0 saturated heterocycles. The summed E-state index contributed by atoms with van der Waals surface area (Å²) >= 11 is -1.35. The van der Waals surface area contributed by atoms with E-state index in [1.54, 1.807) is 38.3 Å². The quantitative estimate of drug-likeness (QED) is 0.742. The van der Waals surface area contributed by atoms with E-state index in [-0.39, 0.29) is 0 Å². The minimum atomic E-state index is -1.35. The third kappa shape index (κ3) is 2.82. The van der Waals surface area contributed by atoms with Crippen molar-refractivity contribution in [3.8, 4) is 5.75 Å². The molecule has 13 heavy (non-hydrogen) atoms. The number of benzene rings is 1. The summed E-state index contributed by atoms with van der Waals surface area (Å²) in [6.45, 7) is 2.25. The highest BCUT2D eigenvalue weighted by atomic mass is 32.2. The second-order valence-corrected chi connectivity index (χ2v) is 3.49. The average Bonchev–Trinajstić information content (AvgIpc) is 2.18. The third-order valence-corrected chi connectivity index (χ3v) is 2.58. The lowest BCUT2D eigenvalue weighted by molar-refractivity contribution is 0.371. The smallest absolute Gasteiger partial charge is 0.189 e. The van der Waals surface area contributed by atoms with Crippen molar-refractivity contribution in [2.45, 2.75) is 11.8 Å². The van der Waals surface area contributed by atoms with Crippen LogP contribution in [-0.2, 0) is 15.3 Å². The molecule has 1 atom stereocenters. The molecule has 0 heterocycles. The fourth-order valence-corrected chi connectivity index (χ4v) is 1.57. The zero-order valence-electron chi connectivity index (χ0n) is 7.65. The van der Waals surface area contributed by atoms with Crippen molar-refractivity contribution in [3.05, 3.63) is 24.3 Å². The van der Waals surface area contributed by atoms with Crippen molar-refractivity contribution in [1.29, 1.82) is 0 Å². The molecule has 0 aliphatic rings. The third-order valence-electron chi connectivity index (χ3n) is 1.48. The molecule has 4 heteroatoms. The van der Waals surface area contributed by atoms with Gasteiger partial charge in [-0.1, -0.05) is 0 Å². The van der Waals surface area contributed by atoms with E-state index in [1.807, 2.05) is 0 Å². The van der Waals surface area contributed by atoms with Crippen molar-refractivity contribution < 1.29 is 13.1 Å². The maximum Gasteiger partial charge on any atom is 0.189 e. The summed E-state index contributed by atoms with van der Waals surface area (Å²) in [6, 6.07) is 6.97. The summed E-state index contributed by atoms with van der Waals surface area (Å²) in [4.78, 5) is 0.655. The van der Waals surface area contributed by atoms with Gasteiger partial charge in [-0.15, -0.1) is 0 Å². The lowest BCUT2D eigenvalue weighted by atomic mass is 10.3. The van der Waals surface area contributed by atoms with Crippen molar-refractivity contribution >= 4 is 11.1 Å². The molecule has 1 rings (SSSR count). The SMILES string of the molecule is CCOS(=O)c1ccc(OC)cc1. The highest BCUT2D eigenvalue weighted by Gasteiger charge is 2.02. The summed E-state index contributed by atoms with van der Waals surface area (Å²) in [5, 5.41) is 0. The molecule has 0 saturated carbocycles. The fourth-order valence-electron chi connectivity index (χ4n) is 0.862. The highest BCUT2D eigenvalue weighted by molar-refractivity contribution is 7.80. The van der Waals surface area contributed by atoms with Gasteiger partial charge in [-0.3, -0.25) is 4.18 Å². The lowest BCUT2D eigenvalue weighted by Gasteiger charge is -2.02. The molecular weight excluding hydrogens is 188 g/mol. The number of hydrogen-bond acceptors (Lipinski definition) is 3. The van der Waals surface area contributed by atoms with E-state index < -0.39 is 11.1 Å². The van der Waals surface area contributed by atoms with Gasteiger partial charge in [-0.25, -0.2) is 4.21 Å². The summed E-state index contributed by atoms with van der Waals surface area (Å²) < 4.78 is 21.2. The Balaban J connectivity index is 2.74. The second-order valence-electron chi connectivity index (χ2n) is 2.32. The van der Waals surface area contributed by atoms with E-state index in [4.69, 9.17) is 8.92 Å². The van der Waals surface area contributed by atoms with Gasteiger partial charge in [0.25, 0.3) is 0 Å². The van der Waals surface area contributed by atoms with Gasteiger partial charge >= 0.3 is 0 Å². The van der Waals surface area contributed by atoms with Gasteiger partial charge in [-0.2, -0.15) is 0 Å². The minimum Gasteiger partial charge on any atom is -0.497 e. The van der Waals surface area contributed by atoms with Gasteiger partial charge in [0, 0.05) is 0 Å². The zero-order chi connectivity index (χ0) is 9.68. The molecule has 1 aromatic rings. The predicted molar refractivity (Wildman–Crippen MR) is 51.0 cm³/mol. The Morgan fingerprint density at radius 1 is 1.31 bits per heavy atom. The monoisotopic (exact) mass is 200 g/mol. The van der Waals surface area contributed by atoms with Crippen LogP contribution in [-0.4, -0.2) is 17.9 Å². The summed E-state index contributed by atoms with van der Waals surface area (Å²) in [7, 11) is 1.59. The number of rotatable bonds is 4. The normalized spacial score (nSPS) is 12.5. The molecule has 0 radical (unpaired) electrons. The van der Waals surface area contributed by atoms with Crippen molar-refractivity contribution in [2.24, 2.45) is 0 Å². The van der Waals surface area contributed by atoms with Gasteiger partial charge in [-0.05, 0) is 31.2 Å². The van der Waals surface area contributed by atoms with Crippen LogP contribution < -0.4 is 4.74 Å². The van der Waals surface area contributed by atoms with Crippen LogP contribution in [0.4, 0.5) is 0 Å². The molecular formula is C9H12O3S. The first-order valence-electron chi connectivity index (χ1n) is 3.97. The molecule has 0 bridgehead atoms. The molecule has 0 aromatic heterocycles. The van der Waals surface area contributed by atoms with Crippen LogP contribution in [0.15, 0.2) is 29.2 Å². The van der Waals surface area contributed by atoms with Gasteiger partial charge in [0.2, 0.25) is 0 Å². The van der Waals surface area contributed by atoms with Gasteiger partial charge in [0.05, 0.1) is 18.6 Å². The Morgan fingerprint density at radius 2 is 1.92 bits per heavy atom. The first kappa shape index (κ1) is 10.2. The Morgan fingerprint density at radius 3 is 2.38 bits per heavy atom. The number of ether oxygens (including phenoxy) is 1. The number of methoxy groups -OCH3 is 1. The molecule has 3 nitrogen and oxygen atoms in total. The molecule has 0 fully saturated rings. The van der Waals surface area contributed by atoms with Crippen LogP contribution >= 0.6 is 0 Å². The first-order chi connectivity index (χ1) is 6.27. The molecule has 72 valence electrons. The van der Waals surface area contributed by atoms with Crippen LogP contribution in [0.25, 0.3) is 0 Å². The van der Waals surface area contributed by atoms with Crippen molar-refractivity contribution in [3.63, 3.8) is 0 Å². The van der Waals surface area contributed by atoms with Crippen LogP contribution in [0.1, 0.15) is 6.92 Å². The van der Waals surface area contributed by atoms with E-state index >= 15 is 0 Å². The Hall–Kier alpha value is -0.870. The predicted octanol–water partition coefficient (Wildman–Crippen LogP) is 1.75. The largest absolute Gasteiger partial charge is 0.497 e. The second kappa shape index (κ2) is 4.99. The summed E-state index contributed by atoms with van der Waals surface area (Å²) in [5.41, 5.74) is 0. The minimum absolute atomic E-state index is 0.443. The molecule has 0 spiro atoms. The van der Waals surface area contributed by atoms with E-state index in [1.165, 1.54) is 0 Å². The Labute approximate surface area is 80.3 Å². The topological polar surface area (TPSA) is 35.5 Å². The van der Waals surface area contributed by atoms with Crippen LogP contribution in [0.2, 0.25) is 0 Å². The van der Waals surface area contributed by atoms with E-state index in [9.17, 15) is 4.21 Å². The van der Waals surface area contributed by atoms with E-state index in [2.05, 4.69) is 0 Å². The van der Waals surface area contributed by atoms with Crippen LogP contribution in [0.3, 0.4) is 0 Å². The Kier molecular flexibility index (Phi) is 3.92. The maximum absolute atomic E-state index is 11.3. The molecule has 1 unspecified atom stereocenters. The summed E-state index contributed by atoms with van der Waals surface area (Å²) in [5.74, 6) is 0.747. The highest BCUT2D eigenvalue weighted by Crippen LogP contribution is 2.14. The lowest BCUT2D eigenvalue weighted by Crippen LogP contribution is -1.96. The first-order valence-corrected chi connectivity index (χ1v) is 5.04. The zero-order valence-corrected chi connectivity index (χ0v) is 8.47. The molecule has 0 N–H and O–H groups in total. The fraction of sp³-hybridized carbons (Fsp3) is 0.333. The van der Waals surface area contributed by atoms with Gasteiger partial charge in [0.15, 0.2) is 11.1 Å². The Bertz CT molecular complexity index is 281. The molecule has 0 aliphatic carbocycles.